The molecule has 1 aromatic carbocycles. The topological polar surface area (TPSA) is 58.9 Å². The first-order chi connectivity index (χ1) is 10.3. The van der Waals surface area contributed by atoms with Crippen LogP contribution in [0.3, 0.4) is 0 Å². The zero-order valence-electron chi connectivity index (χ0n) is 11.8. The third kappa shape index (κ3) is 3.57. The molecule has 1 saturated heterocycles. The molecule has 1 aromatic heterocycles. The van der Waals surface area contributed by atoms with Gasteiger partial charge >= 0.3 is 6.55 Å². The quantitative estimate of drug-likeness (QED) is 0.920. The van der Waals surface area contributed by atoms with Crippen LogP contribution in [0.15, 0.2) is 30.3 Å². The lowest BCUT2D eigenvalue weighted by molar-refractivity contribution is 0.0390. The van der Waals surface area contributed by atoms with Crippen molar-refractivity contribution in [1.29, 1.82) is 0 Å². The number of nitrogens with one attached hydrogen (secondary N) is 1. The fraction of sp³-hybridized carbons (Fsp3) is 0.462. The summed E-state index contributed by atoms with van der Waals surface area (Å²) in [6, 6.07) is 9.41. The second kappa shape index (κ2) is 7.57. The van der Waals surface area contributed by atoms with Gasteiger partial charge in [0.15, 0.2) is 5.82 Å². The van der Waals surface area contributed by atoms with E-state index in [-0.39, 0.29) is 18.4 Å². The summed E-state index contributed by atoms with van der Waals surface area (Å²) in [5.41, 5.74) is 0.980. The molecule has 6 nitrogen and oxygen atoms in total. The van der Waals surface area contributed by atoms with Crippen molar-refractivity contribution in [2.75, 3.05) is 26.2 Å². The van der Waals surface area contributed by atoms with Crippen LogP contribution < -0.4 is 5.32 Å². The first-order valence-electron chi connectivity index (χ1n) is 6.83. The van der Waals surface area contributed by atoms with Crippen molar-refractivity contribution in [3.63, 3.8) is 0 Å². The van der Waals surface area contributed by atoms with Crippen LogP contribution in [0, 0.1) is 0 Å². The SMILES string of the molecule is Cl.FC(F)n1nnc(C(c2ccccc2)N2CCNCC2)n1. The van der Waals surface area contributed by atoms with Gasteiger partial charge in [0, 0.05) is 26.2 Å². The lowest BCUT2D eigenvalue weighted by atomic mass is 10.0. The first kappa shape index (κ1) is 16.7. The summed E-state index contributed by atoms with van der Waals surface area (Å²) in [7, 11) is 0. The molecule has 1 aliphatic rings. The fourth-order valence-electron chi connectivity index (χ4n) is 2.53. The molecular formula is C13H17ClF2N6. The predicted molar refractivity (Wildman–Crippen MR) is 79.0 cm³/mol. The van der Waals surface area contributed by atoms with Crippen molar-refractivity contribution in [3.8, 4) is 0 Å². The maximum absolute atomic E-state index is 12.7. The Balaban J connectivity index is 0.00000176. The van der Waals surface area contributed by atoms with E-state index in [9.17, 15) is 8.78 Å². The van der Waals surface area contributed by atoms with Gasteiger partial charge in [0.05, 0.1) is 6.04 Å². The number of piperazine rings is 1. The number of hydrogen-bond acceptors (Lipinski definition) is 5. The zero-order valence-corrected chi connectivity index (χ0v) is 12.6. The molecule has 0 bridgehead atoms. The zero-order chi connectivity index (χ0) is 14.7. The highest BCUT2D eigenvalue weighted by molar-refractivity contribution is 5.85. The molecule has 22 heavy (non-hydrogen) atoms. The Morgan fingerprint density at radius 1 is 1.09 bits per heavy atom. The van der Waals surface area contributed by atoms with Gasteiger partial charge in [0.25, 0.3) is 0 Å². The predicted octanol–water partition coefficient (Wildman–Crippen LogP) is 1.48. The molecule has 0 spiro atoms. The smallest absolute Gasteiger partial charge is 0.314 e. The Morgan fingerprint density at radius 2 is 1.77 bits per heavy atom. The Kier molecular flexibility index (Phi) is 5.76. The third-order valence-corrected chi connectivity index (χ3v) is 3.49. The number of rotatable bonds is 4. The van der Waals surface area contributed by atoms with E-state index in [1.54, 1.807) is 0 Å². The van der Waals surface area contributed by atoms with Gasteiger partial charge in [-0.25, -0.2) is 0 Å². The monoisotopic (exact) mass is 330 g/mol. The second-order valence-electron chi connectivity index (χ2n) is 4.84. The van der Waals surface area contributed by atoms with E-state index in [0.29, 0.717) is 10.6 Å². The van der Waals surface area contributed by atoms with Gasteiger partial charge < -0.3 is 5.32 Å². The highest BCUT2D eigenvalue weighted by Crippen LogP contribution is 2.26. The van der Waals surface area contributed by atoms with Crippen LogP contribution in [0.4, 0.5) is 8.78 Å². The van der Waals surface area contributed by atoms with Crippen LogP contribution in [-0.4, -0.2) is 51.3 Å². The summed E-state index contributed by atoms with van der Waals surface area (Å²) in [4.78, 5) is 2.53. The summed E-state index contributed by atoms with van der Waals surface area (Å²) in [6.45, 7) is 0.551. The molecule has 2 heterocycles. The molecule has 1 N–H and O–H groups in total. The lowest BCUT2D eigenvalue weighted by Crippen LogP contribution is -2.45. The number of aromatic nitrogens is 4. The highest BCUT2D eigenvalue weighted by Gasteiger charge is 2.28. The van der Waals surface area contributed by atoms with Crippen molar-refractivity contribution in [2.45, 2.75) is 12.6 Å². The highest BCUT2D eigenvalue weighted by atomic mass is 35.5. The van der Waals surface area contributed by atoms with Gasteiger partial charge in [-0.1, -0.05) is 35.1 Å². The molecule has 0 amide bonds. The minimum atomic E-state index is -2.77. The summed E-state index contributed by atoms with van der Waals surface area (Å²) in [5, 5.41) is 14.4. The summed E-state index contributed by atoms with van der Waals surface area (Å²) in [5.74, 6) is 0.309. The maximum atomic E-state index is 12.7. The van der Waals surface area contributed by atoms with Crippen molar-refractivity contribution >= 4 is 12.4 Å². The molecule has 0 aliphatic carbocycles. The van der Waals surface area contributed by atoms with Gasteiger partial charge in [0.1, 0.15) is 0 Å². The molecule has 2 aromatic rings. The number of tetrazole rings is 1. The molecule has 1 fully saturated rings. The Hall–Kier alpha value is -1.64. The molecule has 3 rings (SSSR count). The van der Waals surface area contributed by atoms with Crippen LogP contribution in [0.25, 0.3) is 0 Å². The second-order valence-corrected chi connectivity index (χ2v) is 4.84. The van der Waals surface area contributed by atoms with Gasteiger partial charge in [0.2, 0.25) is 0 Å². The Morgan fingerprint density at radius 3 is 2.36 bits per heavy atom. The molecule has 0 saturated carbocycles. The first-order valence-corrected chi connectivity index (χ1v) is 6.83. The van der Waals surface area contributed by atoms with E-state index in [4.69, 9.17) is 0 Å². The van der Waals surface area contributed by atoms with Crippen molar-refractivity contribution in [2.24, 2.45) is 0 Å². The van der Waals surface area contributed by atoms with Gasteiger partial charge in [-0.15, -0.1) is 22.6 Å². The largest absolute Gasteiger partial charge is 0.350 e. The molecule has 1 aliphatic heterocycles. The maximum Gasteiger partial charge on any atom is 0.350 e. The number of nitrogens with zero attached hydrogens (tertiary/aromatic N) is 5. The van der Waals surface area contributed by atoms with Crippen LogP contribution >= 0.6 is 12.4 Å². The molecule has 120 valence electrons. The average molecular weight is 331 g/mol. The Labute approximate surface area is 132 Å². The average Bonchev–Trinajstić information content (AvgIpc) is 3.00. The van der Waals surface area contributed by atoms with Crippen molar-refractivity contribution in [1.82, 2.24) is 30.4 Å². The van der Waals surface area contributed by atoms with Crippen LogP contribution in [0.5, 0.6) is 0 Å². The summed E-state index contributed by atoms with van der Waals surface area (Å²) < 4.78 is 25.3. The summed E-state index contributed by atoms with van der Waals surface area (Å²) >= 11 is 0. The minimum absolute atomic E-state index is 0. The Bertz CT molecular complexity index is 573. The third-order valence-electron chi connectivity index (χ3n) is 3.49. The molecular weight excluding hydrogens is 314 g/mol. The molecule has 1 unspecified atom stereocenters. The standard InChI is InChI=1S/C13H16F2N6.ClH/c14-13(15)21-18-12(17-19-21)11(10-4-2-1-3-5-10)20-8-6-16-7-9-20;/h1-5,11,13,16H,6-9H2;1H. The van der Waals surface area contributed by atoms with Crippen LogP contribution in [0.1, 0.15) is 24.0 Å². The summed E-state index contributed by atoms with van der Waals surface area (Å²) in [6.07, 6.45) is 0. The fourth-order valence-corrected chi connectivity index (χ4v) is 2.53. The van der Waals surface area contributed by atoms with Gasteiger partial charge in [-0.2, -0.15) is 8.78 Å². The van der Waals surface area contributed by atoms with E-state index in [2.05, 4.69) is 25.6 Å². The van der Waals surface area contributed by atoms with Gasteiger partial charge in [-0.3, -0.25) is 4.90 Å². The molecule has 0 radical (unpaired) electrons. The van der Waals surface area contributed by atoms with E-state index in [1.165, 1.54) is 0 Å². The van der Waals surface area contributed by atoms with Crippen LogP contribution in [-0.2, 0) is 0 Å². The van der Waals surface area contributed by atoms with Crippen molar-refractivity contribution in [3.05, 3.63) is 41.7 Å². The van der Waals surface area contributed by atoms with E-state index < -0.39 is 6.55 Å². The lowest BCUT2D eigenvalue weighted by Gasteiger charge is -2.33. The number of benzene rings is 1. The van der Waals surface area contributed by atoms with E-state index in [0.717, 1.165) is 31.7 Å². The van der Waals surface area contributed by atoms with E-state index in [1.807, 2.05) is 30.3 Å². The molecule has 1 atom stereocenters. The van der Waals surface area contributed by atoms with Gasteiger partial charge in [-0.05, 0) is 10.8 Å². The number of halogens is 3. The number of alkyl halides is 2. The number of hydrogen-bond donors (Lipinski definition) is 1. The van der Waals surface area contributed by atoms with E-state index >= 15 is 0 Å². The van der Waals surface area contributed by atoms with Crippen molar-refractivity contribution < 1.29 is 8.78 Å². The normalized spacial score (nSPS) is 17.2. The molecule has 9 heteroatoms. The minimum Gasteiger partial charge on any atom is -0.314 e. The van der Waals surface area contributed by atoms with Crippen LogP contribution in [0.2, 0.25) is 0 Å².